The van der Waals surface area contributed by atoms with Crippen LogP contribution in [0.2, 0.25) is 0 Å². The Morgan fingerprint density at radius 2 is 2.07 bits per heavy atom. The van der Waals surface area contributed by atoms with Crippen LogP contribution in [-0.4, -0.2) is 23.8 Å². The molecule has 0 aliphatic heterocycles. The van der Waals surface area contributed by atoms with Crippen LogP contribution in [0, 0.1) is 0 Å². The van der Waals surface area contributed by atoms with Gasteiger partial charge in [-0.3, -0.25) is 4.79 Å². The molecule has 15 heavy (non-hydrogen) atoms. The van der Waals surface area contributed by atoms with Gasteiger partial charge in [-0.15, -0.1) is 0 Å². The minimum Gasteiger partial charge on any atom is -0.466 e. The zero-order chi connectivity index (χ0) is 11.5. The minimum absolute atomic E-state index is 0.222. The third-order valence-corrected chi connectivity index (χ3v) is 2.06. The quantitative estimate of drug-likeness (QED) is 0.498. The van der Waals surface area contributed by atoms with Crippen molar-refractivity contribution in [3.63, 3.8) is 0 Å². The molecule has 1 N–H and O–H groups in total. The number of aliphatic hydroxyl groups is 1. The number of ether oxygens (including phenoxy) is 1. The van der Waals surface area contributed by atoms with Crippen LogP contribution in [-0.2, 0) is 9.53 Å². The lowest BCUT2D eigenvalue weighted by atomic mass is 10.1. The lowest BCUT2D eigenvalue weighted by Gasteiger charge is -2.08. The zero-order valence-corrected chi connectivity index (χ0v) is 9.74. The van der Waals surface area contributed by atoms with Crippen molar-refractivity contribution in [3.05, 3.63) is 12.2 Å². The maximum Gasteiger partial charge on any atom is 0.305 e. The van der Waals surface area contributed by atoms with E-state index in [0.29, 0.717) is 19.4 Å². The first-order valence-electron chi connectivity index (χ1n) is 5.69. The van der Waals surface area contributed by atoms with Gasteiger partial charge in [-0.1, -0.05) is 19.1 Å². The zero-order valence-electron chi connectivity index (χ0n) is 9.74. The SMILES string of the molecule is CC/C=C\CCC(O)CCC(=O)OCC. The highest BCUT2D eigenvalue weighted by molar-refractivity contribution is 5.69. The fraction of sp³-hybridized carbons (Fsp3) is 0.750. The van der Waals surface area contributed by atoms with Gasteiger partial charge in [0, 0.05) is 6.42 Å². The topological polar surface area (TPSA) is 46.5 Å². The Morgan fingerprint density at radius 1 is 1.33 bits per heavy atom. The molecule has 0 aliphatic rings. The Morgan fingerprint density at radius 3 is 2.67 bits per heavy atom. The Hall–Kier alpha value is -0.830. The molecule has 0 bridgehead atoms. The van der Waals surface area contributed by atoms with E-state index in [1.54, 1.807) is 6.92 Å². The van der Waals surface area contributed by atoms with Crippen LogP contribution >= 0.6 is 0 Å². The van der Waals surface area contributed by atoms with E-state index >= 15 is 0 Å². The largest absolute Gasteiger partial charge is 0.466 e. The summed E-state index contributed by atoms with van der Waals surface area (Å²) in [6, 6.07) is 0. The van der Waals surface area contributed by atoms with Gasteiger partial charge in [0.15, 0.2) is 0 Å². The van der Waals surface area contributed by atoms with Crippen molar-refractivity contribution in [1.29, 1.82) is 0 Å². The van der Waals surface area contributed by atoms with Gasteiger partial charge >= 0.3 is 5.97 Å². The fourth-order valence-electron chi connectivity index (χ4n) is 1.24. The molecule has 0 spiro atoms. The highest BCUT2D eigenvalue weighted by Crippen LogP contribution is 2.06. The number of hydrogen-bond donors (Lipinski definition) is 1. The third kappa shape index (κ3) is 9.47. The Labute approximate surface area is 92.1 Å². The summed E-state index contributed by atoms with van der Waals surface area (Å²) in [5.74, 6) is -0.222. The molecule has 0 aromatic heterocycles. The molecule has 0 saturated carbocycles. The predicted octanol–water partition coefficient (Wildman–Crippen LogP) is 2.44. The van der Waals surface area contributed by atoms with Gasteiger partial charge < -0.3 is 9.84 Å². The normalized spacial score (nSPS) is 13.0. The highest BCUT2D eigenvalue weighted by Gasteiger charge is 2.07. The number of allylic oxidation sites excluding steroid dienone is 2. The van der Waals surface area contributed by atoms with Crippen molar-refractivity contribution < 1.29 is 14.6 Å². The molecule has 0 amide bonds. The average Bonchev–Trinajstić information content (AvgIpc) is 2.22. The number of carbonyl (C=O) groups excluding carboxylic acids is 1. The minimum atomic E-state index is -0.393. The number of carbonyl (C=O) groups is 1. The van der Waals surface area contributed by atoms with Crippen molar-refractivity contribution >= 4 is 5.97 Å². The van der Waals surface area contributed by atoms with Crippen LogP contribution in [0.5, 0.6) is 0 Å². The molecule has 0 fully saturated rings. The van der Waals surface area contributed by atoms with E-state index in [2.05, 4.69) is 19.1 Å². The lowest BCUT2D eigenvalue weighted by Crippen LogP contribution is -2.11. The summed E-state index contributed by atoms with van der Waals surface area (Å²) in [6.45, 7) is 4.27. The van der Waals surface area contributed by atoms with Gasteiger partial charge in [-0.05, 0) is 32.6 Å². The van der Waals surface area contributed by atoms with Gasteiger partial charge in [0.05, 0.1) is 12.7 Å². The van der Waals surface area contributed by atoms with Gasteiger partial charge in [-0.25, -0.2) is 0 Å². The molecule has 0 radical (unpaired) electrons. The Balaban J connectivity index is 3.44. The predicted molar refractivity (Wildman–Crippen MR) is 60.5 cm³/mol. The van der Waals surface area contributed by atoms with E-state index in [-0.39, 0.29) is 5.97 Å². The molecule has 0 aromatic rings. The van der Waals surface area contributed by atoms with Crippen molar-refractivity contribution in [2.75, 3.05) is 6.61 Å². The molecule has 0 saturated heterocycles. The van der Waals surface area contributed by atoms with Crippen molar-refractivity contribution in [3.8, 4) is 0 Å². The van der Waals surface area contributed by atoms with Crippen LogP contribution in [0.15, 0.2) is 12.2 Å². The van der Waals surface area contributed by atoms with E-state index in [9.17, 15) is 9.90 Å². The molecule has 88 valence electrons. The van der Waals surface area contributed by atoms with E-state index in [4.69, 9.17) is 4.74 Å². The molecule has 0 rings (SSSR count). The van der Waals surface area contributed by atoms with Gasteiger partial charge in [0.25, 0.3) is 0 Å². The van der Waals surface area contributed by atoms with Crippen LogP contribution in [0.25, 0.3) is 0 Å². The smallest absolute Gasteiger partial charge is 0.305 e. The summed E-state index contributed by atoms with van der Waals surface area (Å²) >= 11 is 0. The molecule has 0 aromatic carbocycles. The number of rotatable bonds is 8. The van der Waals surface area contributed by atoms with Crippen LogP contribution in [0.3, 0.4) is 0 Å². The lowest BCUT2D eigenvalue weighted by molar-refractivity contribution is -0.143. The second kappa shape index (κ2) is 9.71. The Kier molecular flexibility index (Phi) is 9.18. The van der Waals surface area contributed by atoms with Crippen LogP contribution in [0.4, 0.5) is 0 Å². The van der Waals surface area contributed by atoms with Gasteiger partial charge in [0.1, 0.15) is 0 Å². The highest BCUT2D eigenvalue weighted by atomic mass is 16.5. The molecule has 3 nitrogen and oxygen atoms in total. The summed E-state index contributed by atoms with van der Waals surface area (Å²) in [5.41, 5.74) is 0. The van der Waals surface area contributed by atoms with Crippen LogP contribution in [0.1, 0.15) is 46.0 Å². The number of hydrogen-bond acceptors (Lipinski definition) is 3. The monoisotopic (exact) mass is 214 g/mol. The first kappa shape index (κ1) is 14.2. The second-order valence-electron chi connectivity index (χ2n) is 3.45. The molecule has 0 heterocycles. The maximum atomic E-state index is 11.0. The summed E-state index contributed by atoms with van der Waals surface area (Å²) in [5, 5.41) is 9.52. The van der Waals surface area contributed by atoms with Crippen LogP contribution < -0.4 is 0 Å². The Bertz CT molecular complexity index is 187. The van der Waals surface area contributed by atoms with E-state index in [0.717, 1.165) is 19.3 Å². The second-order valence-corrected chi connectivity index (χ2v) is 3.45. The van der Waals surface area contributed by atoms with Crippen molar-refractivity contribution in [2.24, 2.45) is 0 Å². The molecular formula is C12H22O3. The third-order valence-electron chi connectivity index (χ3n) is 2.06. The molecule has 0 aliphatic carbocycles. The van der Waals surface area contributed by atoms with E-state index < -0.39 is 6.10 Å². The summed E-state index contributed by atoms with van der Waals surface area (Å²) in [4.78, 5) is 11.0. The molecular weight excluding hydrogens is 192 g/mol. The van der Waals surface area contributed by atoms with Gasteiger partial charge in [-0.2, -0.15) is 0 Å². The van der Waals surface area contributed by atoms with Crippen molar-refractivity contribution in [2.45, 2.75) is 52.1 Å². The average molecular weight is 214 g/mol. The number of esters is 1. The first-order chi connectivity index (χ1) is 7.20. The fourth-order valence-corrected chi connectivity index (χ4v) is 1.24. The van der Waals surface area contributed by atoms with Gasteiger partial charge in [0.2, 0.25) is 0 Å². The summed E-state index contributed by atoms with van der Waals surface area (Å²) < 4.78 is 4.77. The first-order valence-corrected chi connectivity index (χ1v) is 5.69. The summed E-state index contributed by atoms with van der Waals surface area (Å²) in [7, 11) is 0. The number of aliphatic hydroxyl groups excluding tert-OH is 1. The molecule has 1 atom stereocenters. The summed E-state index contributed by atoms with van der Waals surface area (Å²) in [6.07, 6.45) is 7.18. The molecule has 3 heteroatoms. The standard InChI is InChI=1S/C12H22O3/c1-3-5-6-7-8-11(13)9-10-12(14)15-4-2/h5-6,11,13H,3-4,7-10H2,1-2H3/b6-5-. The van der Waals surface area contributed by atoms with Crippen molar-refractivity contribution in [1.82, 2.24) is 0 Å². The van der Waals surface area contributed by atoms with E-state index in [1.165, 1.54) is 0 Å². The molecule has 1 unspecified atom stereocenters. The maximum absolute atomic E-state index is 11.0. The van der Waals surface area contributed by atoms with E-state index in [1.807, 2.05) is 0 Å².